The number of benzene rings is 1. The highest BCUT2D eigenvalue weighted by Gasteiger charge is 2.22. The Morgan fingerprint density at radius 3 is 2.76 bits per heavy atom. The molecule has 130 valence electrons. The number of rotatable bonds is 7. The molecule has 25 heavy (non-hydrogen) atoms. The maximum absolute atomic E-state index is 12.7. The summed E-state index contributed by atoms with van der Waals surface area (Å²) in [6.45, 7) is 2.54. The third-order valence-corrected chi connectivity index (χ3v) is 5.00. The minimum Gasteiger partial charge on any atom is -0.469 e. The summed E-state index contributed by atoms with van der Waals surface area (Å²) in [5.74, 6) is 0.441. The number of hydrogen-bond donors (Lipinski definition) is 1. The van der Waals surface area contributed by atoms with Crippen molar-refractivity contribution in [3.63, 3.8) is 0 Å². The molecular formula is C19H19ClN2O2S. The molecule has 0 spiro atoms. The third kappa shape index (κ3) is 4.94. The number of nitrogens with zero attached hydrogens (tertiary/aromatic N) is 1. The average Bonchev–Trinajstić information content (AvgIpc) is 3.25. The molecule has 1 unspecified atom stereocenters. The highest BCUT2D eigenvalue weighted by Crippen LogP contribution is 2.23. The normalized spacial score (nSPS) is 12.1. The first-order chi connectivity index (χ1) is 12.1. The van der Waals surface area contributed by atoms with E-state index in [1.54, 1.807) is 29.7 Å². The fourth-order valence-electron chi connectivity index (χ4n) is 2.65. The summed E-state index contributed by atoms with van der Waals surface area (Å²) in [6, 6.07) is 11.1. The van der Waals surface area contributed by atoms with E-state index in [9.17, 15) is 4.79 Å². The first-order valence-electron chi connectivity index (χ1n) is 8.08. The number of halogens is 1. The number of aromatic nitrogens is 1. The molecule has 3 aromatic rings. The lowest BCUT2D eigenvalue weighted by Crippen LogP contribution is -2.32. The SMILES string of the molecule is Cc1nc(CCNC(=O)C(Cc2ccco2)c2ccc(Cl)cc2)cs1. The Kier molecular flexibility index (Phi) is 5.89. The second-order valence-electron chi connectivity index (χ2n) is 5.79. The second-order valence-corrected chi connectivity index (χ2v) is 7.29. The second kappa shape index (κ2) is 8.32. The molecule has 2 aromatic heterocycles. The number of furan rings is 1. The van der Waals surface area contributed by atoms with E-state index in [2.05, 4.69) is 10.3 Å². The summed E-state index contributed by atoms with van der Waals surface area (Å²) in [6.07, 6.45) is 2.86. The molecule has 4 nitrogen and oxygen atoms in total. The van der Waals surface area contributed by atoms with Crippen LogP contribution in [0.4, 0.5) is 0 Å². The maximum atomic E-state index is 12.7. The van der Waals surface area contributed by atoms with Gasteiger partial charge in [0.2, 0.25) is 5.91 Å². The minimum absolute atomic E-state index is 0.0225. The van der Waals surface area contributed by atoms with Gasteiger partial charge in [0.25, 0.3) is 0 Å². The average molecular weight is 375 g/mol. The molecule has 0 saturated heterocycles. The Bertz CT molecular complexity index is 812. The van der Waals surface area contributed by atoms with E-state index in [-0.39, 0.29) is 11.8 Å². The highest BCUT2D eigenvalue weighted by atomic mass is 35.5. The predicted octanol–water partition coefficient (Wildman–Crippen LogP) is 4.38. The molecule has 0 bridgehead atoms. The van der Waals surface area contributed by atoms with Gasteiger partial charge in [-0.05, 0) is 36.8 Å². The lowest BCUT2D eigenvalue weighted by molar-refractivity contribution is -0.122. The van der Waals surface area contributed by atoms with Crippen LogP contribution in [0.5, 0.6) is 0 Å². The molecule has 0 saturated carbocycles. The molecule has 0 aliphatic carbocycles. The minimum atomic E-state index is -0.319. The molecule has 0 fully saturated rings. The number of carbonyl (C=O) groups excluding carboxylic acids is 1. The van der Waals surface area contributed by atoms with Gasteiger partial charge in [-0.15, -0.1) is 11.3 Å². The van der Waals surface area contributed by atoms with E-state index < -0.39 is 0 Å². The quantitative estimate of drug-likeness (QED) is 0.667. The van der Waals surface area contributed by atoms with Gasteiger partial charge in [0.05, 0.1) is 22.9 Å². The van der Waals surface area contributed by atoms with Crippen molar-refractivity contribution in [2.24, 2.45) is 0 Å². The van der Waals surface area contributed by atoms with Crippen molar-refractivity contribution in [1.29, 1.82) is 0 Å². The number of aryl methyl sites for hydroxylation is 1. The Balaban J connectivity index is 1.66. The zero-order valence-corrected chi connectivity index (χ0v) is 15.4. The van der Waals surface area contributed by atoms with Crippen molar-refractivity contribution < 1.29 is 9.21 Å². The standard InChI is InChI=1S/C19H19ClN2O2S/c1-13-22-16(12-25-13)8-9-21-19(23)18(11-17-3-2-10-24-17)14-4-6-15(20)7-5-14/h2-7,10,12,18H,8-9,11H2,1H3,(H,21,23). The Morgan fingerprint density at radius 1 is 1.32 bits per heavy atom. The Morgan fingerprint density at radius 2 is 2.12 bits per heavy atom. The van der Waals surface area contributed by atoms with Crippen LogP contribution in [0.3, 0.4) is 0 Å². The first-order valence-corrected chi connectivity index (χ1v) is 9.34. The van der Waals surface area contributed by atoms with Crippen molar-refractivity contribution in [2.45, 2.75) is 25.7 Å². The van der Waals surface area contributed by atoms with Crippen LogP contribution < -0.4 is 5.32 Å². The predicted molar refractivity (Wildman–Crippen MR) is 100 cm³/mol. The van der Waals surface area contributed by atoms with Gasteiger partial charge in [-0.1, -0.05) is 23.7 Å². The molecule has 6 heteroatoms. The molecule has 2 heterocycles. The van der Waals surface area contributed by atoms with Crippen LogP contribution in [0, 0.1) is 6.92 Å². The number of nitrogens with one attached hydrogen (secondary N) is 1. The van der Waals surface area contributed by atoms with E-state index in [0.29, 0.717) is 18.0 Å². The van der Waals surface area contributed by atoms with Crippen LogP contribution in [-0.2, 0) is 17.6 Å². The number of carbonyl (C=O) groups is 1. The summed E-state index contributed by atoms with van der Waals surface area (Å²) in [4.78, 5) is 17.2. The summed E-state index contributed by atoms with van der Waals surface area (Å²) >= 11 is 7.59. The molecule has 0 aliphatic heterocycles. The zero-order valence-electron chi connectivity index (χ0n) is 13.9. The van der Waals surface area contributed by atoms with E-state index >= 15 is 0 Å². The van der Waals surface area contributed by atoms with E-state index in [4.69, 9.17) is 16.0 Å². The lowest BCUT2D eigenvalue weighted by atomic mass is 9.93. The first kappa shape index (κ1) is 17.7. The van der Waals surface area contributed by atoms with E-state index in [1.807, 2.05) is 36.6 Å². The molecule has 1 N–H and O–H groups in total. The summed E-state index contributed by atoms with van der Waals surface area (Å²) in [5.41, 5.74) is 1.93. The number of hydrogen-bond acceptors (Lipinski definition) is 4. The van der Waals surface area contributed by atoms with Crippen molar-refractivity contribution in [2.75, 3.05) is 6.54 Å². The molecule has 1 amide bonds. The van der Waals surface area contributed by atoms with Crippen molar-refractivity contribution in [3.05, 3.63) is 75.1 Å². The van der Waals surface area contributed by atoms with Crippen LogP contribution in [0.15, 0.2) is 52.5 Å². The Labute approximate surface area is 155 Å². The van der Waals surface area contributed by atoms with Crippen molar-refractivity contribution >= 4 is 28.8 Å². The molecule has 0 aliphatic rings. The van der Waals surface area contributed by atoms with Gasteiger partial charge in [-0.25, -0.2) is 4.98 Å². The molecule has 3 rings (SSSR count). The Hall–Kier alpha value is -2.11. The van der Waals surface area contributed by atoms with Crippen molar-refractivity contribution in [1.82, 2.24) is 10.3 Å². The van der Waals surface area contributed by atoms with Gasteiger partial charge >= 0.3 is 0 Å². The van der Waals surface area contributed by atoms with Crippen LogP contribution in [-0.4, -0.2) is 17.4 Å². The summed E-state index contributed by atoms with van der Waals surface area (Å²) < 4.78 is 5.42. The van der Waals surface area contributed by atoms with E-state index in [1.165, 1.54) is 0 Å². The summed E-state index contributed by atoms with van der Waals surface area (Å²) in [7, 11) is 0. The fraction of sp³-hybridized carbons (Fsp3) is 0.263. The number of amides is 1. The van der Waals surface area contributed by atoms with Crippen LogP contribution in [0.25, 0.3) is 0 Å². The molecule has 1 atom stereocenters. The van der Waals surface area contributed by atoms with Crippen molar-refractivity contribution in [3.8, 4) is 0 Å². The maximum Gasteiger partial charge on any atom is 0.228 e. The largest absolute Gasteiger partial charge is 0.469 e. The van der Waals surface area contributed by atoms with Gasteiger partial charge in [0.1, 0.15) is 5.76 Å². The van der Waals surface area contributed by atoms with Gasteiger partial charge < -0.3 is 9.73 Å². The molecular weight excluding hydrogens is 356 g/mol. The van der Waals surface area contributed by atoms with Gasteiger partial charge in [0, 0.05) is 29.8 Å². The lowest BCUT2D eigenvalue weighted by Gasteiger charge is -2.16. The highest BCUT2D eigenvalue weighted by molar-refractivity contribution is 7.09. The fourth-order valence-corrected chi connectivity index (χ4v) is 3.42. The van der Waals surface area contributed by atoms with Gasteiger partial charge in [0.15, 0.2) is 0 Å². The zero-order chi connectivity index (χ0) is 17.6. The third-order valence-electron chi connectivity index (χ3n) is 3.92. The molecule has 1 aromatic carbocycles. The van der Waals surface area contributed by atoms with Crippen LogP contribution in [0.2, 0.25) is 5.02 Å². The van der Waals surface area contributed by atoms with Gasteiger partial charge in [-0.3, -0.25) is 4.79 Å². The van der Waals surface area contributed by atoms with Crippen LogP contribution >= 0.6 is 22.9 Å². The van der Waals surface area contributed by atoms with Crippen LogP contribution in [0.1, 0.15) is 27.9 Å². The van der Waals surface area contributed by atoms with Gasteiger partial charge in [-0.2, -0.15) is 0 Å². The smallest absolute Gasteiger partial charge is 0.228 e. The van der Waals surface area contributed by atoms with E-state index in [0.717, 1.165) is 28.4 Å². The summed E-state index contributed by atoms with van der Waals surface area (Å²) in [5, 5.41) is 6.74. The monoisotopic (exact) mass is 374 g/mol. The number of thiazole rings is 1. The molecule has 0 radical (unpaired) electrons. The topological polar surface area (TPSA) is 55.1 Å².